The van der Waals surface area contributed by atoms with Crippen molar-refractivity contribution >= 4 is 46.0 Å². The molecule has 1 fully saturated rings. The van der Waals surface area contributed by atoms with Crippen molar-refractivity contribution in [1.29, 1.82) is 0 Å². The van der Waals surface area contributed by atoms with Crippen LogP contribution in [0.1, 0.15) is 36.8 Å². The Balaban J connectivity index is 1.14. The van der Waals surface area contributed by atoms with Crippen LogP contribution in [0.15, 0.2) is 60.8 Å². The van der Waals surface area contributed by atoms with E-state index in [1.54, 1.807) is 21.9 Å². The molecule has 3 heterocycles. The first-order valence-corrected chi connectivity index (χ1v) is 12.3. The molecule has 0 unspecified atom stereocenters. The molecule has 0 bridgehead atoms. The number of nitrogens with one attached hydrogen (secondary N) is 3. The number of piperazine rings is 1. The monoisotopic (exact) mass is 533 g/mol. The minimum atomic E-state index is -0.705. The number of pyridine rings is 1. The molecule has 4 aromatic rings. The van der Waals surface area contributed by atoms with Crippen molar-refractivity contribution in [2.45, 2.75) is 6.54 Å². The Morgan fingerprint density at radius 2 is 1.61 bits per heavy atom. The Morgan fingerprint density at radius 1 is 0.921 bits per heavy atom. The predicted octanol–water partition coefficient (Wildman–Crippen LogP) is 2.94. The number of hydrogen-bond donors (Lipinski definition) is 4. The number of hydroxylamine groups is 1. The highest BCUT2D eigenvalue weighted by atomic mass is 35.5. The lowest BCUT2D eigenvalue weighted by molar-refractivity contribution is 0.0532. The van der Waals surface area contributed by atoms with Crippen molar-refractivity contribution in [2.75, 3.05) is 31.5 Å². The van der Waals surface area contributed by atoms with Crippen molar-refractivity contribution in [3.63, 3.8) is 0 Å². The molecule has 0 atom stereocenters. The maximum Gasteiger partial charge on any atom is 0.276 e. The molecule has 1 aliphatic heterocycles. The first kappa shape index (κ1) is 25.2. The summed E-state index contributed by atoms with van der Waals surface area (Å²) in [5.41, 5.74) is 4.25. The van der Waals surface area contributed by atoms with Crippen LogP contribution in [0.25, 0.3) is 10.9 Å². The third-order valence-electron chi connectivity index (χ3n) is 6.40. The summed E-state index contributed by atoms with van der Waals surface area (Å²) in [5.74, 6) is -0.417. The Hall–Kier alpha value is -4.48. The number of hydrogen-bond acceptors (Lipinski definition) is 7. The average molecular weight is 534 g/mol. The van der Waals surface area contributed by atoms with Crippen LogP contribution in [-0.2, 0) is 6.54 Å². The van der Waals surface area contributed by atoms with Gasteiger partial charge >= 0.3 is 0 Å². The number of fused-ring (bicyclic) bond motifs is 1. The number of carbonyl (C=O) groups is 3. The Labute approximate surface area is 222 Å². The van der Waals surface area contributed by atoms with Crippen molar-refractivity contribution in [2.24, 2.45) is 0 Å². The van der Waals surface area contributed by atoms with Gasteiger partial charge in [0.2, 0.25) is 0 Å². The predicted molar refractivity (Wildman–Crippen MR) is 140 cm³/mol. The van der Waals surface area contributed by atoms with Gasteiger partial charge in [-0.15, -0.1) is 0 Å². The summed E-state index contributed by atoms with van der Waals surface area (Å²) in [6.45, 7) is 2.04. The molecule has 38 heavy (non-hydrogen) atoms. The molecule has 1 saturated heterocycles. The van der Waals surface area contributed by atoms with Gasteiger partial charge in [0.25, 0.3) is 17.7 Å². The van der Waals surface area contributed by atoms with Crippen LogP contribution in [0.4, 0.5) is 5.82 Å². The van der Waals surface area contributed by atoms with E-state index in [1.165, 1.54) is 23.8 Å². The largest absolute Gasteiger partial charge is 0.364 e. The van der Waals surface area contributed by atoms with Crippen LogP contribution in [-0.4, -0.2) is 74.1 Å². The van der Waals surface area contributed by atoms with Crippen LogP contribution in [0.2, 0.25) is 5.02 Å². The van der Waals surface area contributed by atoms with Gasteiger partial charge in [0.1, 0.15) is 5.69 Å². The fourth-order valence-corrected chi connectivity index (χ4v) is 4.55. The lowest BCUT2D eigenvalue weighted by atomic mass is 10.1. The Bertz CT molecular complexity index is 1480. The van der Waals surface area contributed by atoms with Gasteiger partial charge in [0.15, 0.2) is 5.82 Å². The van der Waals surface area contributed by atoms with E-state index in [0.717, 1.165) is 16.5 Å². The molecular weight excluding hydrogens is 510 g/mol. The Morgan fingerprint density at radius 3 is 2.26 bits per heavy atom. The van der Waals surface area contributed by atoms with Gasteiger partial charge in [-0.05, 0) is 42.0 Å². The van der Waals surface area contributed by atoms with Crippen LogP contribution in [0.5, 0.6) is 0 Å². The first-order valence-electron chi connectivity index (χ1n) is 11.9. The molecule has 0 aliphatic carbocycles. The van der Waals surface area contributed by atoms with E-state index in [0.29, 0.717) is 49.1 Å². The standard InChI is InChI=1S/C26H24ClN7O4/c27-19-2-1-3-20-22(19)23(31-30-20)29-14-16-4-6-17(7-5-16)25(36)33-10-12-34(13-11-33)26(37)21-9-8-18(15-28-21)24(35)32-38/h1-9,15,38H,10-14H2,(H,32,35)(H2,29,30,31). The van der Waals surface area contributed by atoms with Crippen LogP contribution in [0.3, 0.4) is 0 Å². The summed E-state index contributed by atoms with van der Waals surface area (Å²) in [6, 6.07) is 15.8. The summed E-state index contributed by atoms with van der Waals surface area (Å²) in [4.78, 5) is 44.6. The summed E-state index contributed by atoms with van der Waals surface area (Å²) >= 11 is 6.31. The molecule has 0 saturated carbocycles. The van der Waals surface area contributed by atoms with Crippen molar-refractivity contribution in [3.8, 4) is 0 Å². The molecule has 5 rings (SSSR count). The first-order chi connectivity index (χ1) is 18.4. The molecule has 4 N–H and O–H groups in total. The van der Waals surface area contributed by atoms with Crippen molar-refractivity contribution in [3.05, 3.63) is 88.2 Å². The summed E-state index contributed by atoms with van der Waals surface area (Å²) < 4.78 is 0. The zero-order valence-electron chi connectivity index (χ0n) is 20.1. The molecule has 0 radical (unpaired) electrons. The third kappa shape index (κ3) is 5.15. The number of aromatic nitrogens is 3. The number of anilines is 1. The highest BCUT2D eigenvalue weighted by Gasteiger charge is 2.26. The molecular formula is C26H24ClN7O4. The smallest absolute Gasteiger partial charge is 0.276 e. The van der Waals surface area contributed by atoms with Gasteiger partial charge in [-0.25, -0.2) is 5.48 Å². The van der Waals surface area contributed by atoms with E-state index in [-0.39, 0.29) is 23.1 Å². The number of nitrogens with zero attached hydrogens (tertiary/aromatic N) is 4. The minimum Gasteiger partial charge on any atom is -0.364 e. The summed E-state index contributed by atoms with van der Waals surface area (Å²) in [5, 5.41) is 20.7. The van der Waals surface area contributed by atoms with E-state index >= 15 is 0 Å². The maximum atomic E-state index is 13.0. The summed E-state index contributed by atoms with van der Waals surface area (Å²) in [6.07, 6.45) is 1.23. The molecule has 2 aromatic carbocycles. The number of halogens is 1. The fourth-order valence-electron chi connectivity index (χ4n) is 4.29. The van der Waals surface area contributed by atoms with Crippen LogP contribution >= 0.6 is 11.6 Å². The van der Waals surface area contributed by atoms with E-state index < -0.39 is 5.91 Å². The van der Waals surface area contributed by atoms with E-state index in [9.17, 15) is 14.4 Å². The zero-order valence-corrected chi connectivity index (χ0v) is 20.9. The van der Waals surface area contributed by atoms with E-state index in [4.69, 9.17) is 16.8 Å². The topological polar surface area (TPSA) is 144 Å². The molecule has 12 heteroatoms. The number of benzene rings is 2. The second-order valence-corrected chi connectivity index (χ2v) is 9.15. The highest BCUT2D eigenvalue weighted by Crippen LogP contribution is 2.28. The van der Waals surface area contributed by atoms with Gasteiger partial charge < -0.3 is 15.1 Å². The fraction of sp³-hybridized carbons (Fsp3) is 0.192. The van der Waals surface area contributed by atoms with Crippen molar-refractivity contribution < 1.29 is 19.6 Å². The van der Waals surface area contributed by atoms with E-state index in [2.05, 4.69) is 20.5 Å². The number of rotatable bonds is 6. The van der Waals surface area contributed by atoms with Gasteiger partial charge in [-0.3, -0.25) is 29.7 Å². The molecule has 3 amide bonds. The number of amides is 3. The van der Waals surface area contributed by atoms with E-state index in [1.807, 2.05) is 30.3 Å². The van der Waals surface area contributed by atoms with Gasteiger partial charge in [-0.1, -0.05) is 29.8 Å². The number of aromatic amines is 1. The van der Waals surface area contributed by atoms with Crippen LogP contribution in [0, 0.1) is 0 Å². The molecule has 194 valence electrons. The minimum absolute atomic E-state index is 0.0980. The lowest BCUT2D eigenvalue weighted by Crippen LogP contribution is -2.50. The van der Waals surface area contributed by atoms with Crippen molar-refractivity contribution in [1.82, 2.24) is 30.5 Å². The zero-order chi connectivity index (χ0) is 26.6. The number of carbonyl (C=O) groups excluding carboxylic acids is 3. The quantitative estimate of drug-likeness (QED) is 0.220. The highest BCUT2D eigenvalue weighted by molar-refractivity contribution is 6.36. The average Bonchev–Trinajstić information content (AvgIpc) is 3.40. The molecule has 1 aliphatic rings. The lowest BCUT2D eigenvalue weighted by Gasteiger charge is -2.34. The third-order valence-corrected chi connectivity index (χ3v) is 6.71. The second-order valence-electron chi connectivity index (χ2n) is 8.74. The second kappa shape index (κ2) is 10.9. The number of H-pyrrole nitrogens is 1. The molecule has 2 aromatic heterocycles. The molecule has 0 spiro atoms. The molecule has 11 nitrogen and oxygen atoms in total. The van der Waals surface area contributed by atoms with Crippen LogP contribution < -0.4 is 10.8 Å². The normalized spacial score (nSPS) is 13.4. The van der Waals surface area contributed by atoms with Gasteiger partial charge in [0.05, 0.1) is 21.5 Å². The SMILES string of the molecule is O=C(NO)c1ccc(C(=O)N2CCN(C(=O)c3ccc(CNc4n[nH]c5cccc(Cl)c45)cc3)CC2)nc1. The van der Waals surface area contributed by atoms with Gasteiger partial charge in [-0.2, -0.15) is 5.10 Å². The van der Waals surface area contributed by atoms with Gasteiger partial charge in [0, 0.05) is 44.5 Å². The summed E-state index contributed by atoms with van der Waals surface area (Å²) in [7, 11) is 0. The maximum absolute atomic E-state index is 13.0. The Kier molecular flexibility index (Phi) is 7.20.